The summed E-state index contributed by atoms with van der Waals surface area (Å²) in [6.45, 7) is 1.77. The van der Waals surface area contributed by atoms with Crippen LogP contribution in [0.3, 0.4) is 0 Å². The molecule has 0 aliphatic rings. The van der Waals surface area contributed by atoms with Crippen LogP contribution in [0.4, 0.5) is 5.69 Å². The third-order valence-corrected chi connectivity index (χ3v) is 1.87. The summed E-state index contributed by atoms with van der Waals surface area (Å²) in [7, 11) is 0. The molecule has 0 saturated heterocycles. The number of rotatable bonds is 3. The molecular weight excluding hydrogens is 184 g/mol. The average Bonchev–Trinajstić information content (AvgIpc) is 2.07. The van der Waals surface area contributed by atoms with E-state index < -0.39 is 11.2 Å². The molecule has 0 spiro atoms. The van der Waals surface area contributed by atoms with Crippen LogP contribution in [0.5, 0.6) is 0 Å². The Labute approximate surface area is 81.3 Å². The lowest BCUT2D eigenvalue weighted by atomic mass is 10.1. The van der Waals surface area contributed by atoms with Gasteiger partial charge in [0.15, 0.2) is 0 Å². The van der Waals surface area contributed by atoms with E-state index in [-0.39, 0.29) is 12.1 Å². The van der Waals surface area contributed by atoms with Crippen LogP contribution < -0.4 is 5.73 Å². The van der Waals surface area contributed by atoms with Crippen molar-refractivity contribution in [3.63, 3.8) is 0 Å². The summed E-state index contributed by atoms with van der Waals surface area (Å²) in [4.78, 5) is 10.2. The van der Waals surface area contributed by atoms with Crippen LogP contribution in [0.15, 0.2) is 18.2 Å². The quantitative estimate of drug-likeness (QED) is 0.423. The van der Waals surface area contributed by atoms with E-state index >= 15 is 0 Å². The van der Waals surface area contributed by atoms with Crippen LogP contribution in [0.25, 0.3) is 0 Å². The summed E-state index contributed by atoms with van der Waals surface area (Å²) in [5, 5.41) is 19.6. The van der Waals surface area contributed by atoms with Gasteiger partial charge >= 0.3 is 0 Å². The third-order valence-electron chi connectivity index (χ3n) is 1.87. The average molecular weight is 196 g/mol. The number of nitrogens with two attached hydrogens (primary N) is 1. The highest BCUT2D eigenvalue weighted by molar-refractivity contribution is 5.43. The Balaban J connectivity index is 3.08. The molecule has 14 heavy (non-hydrogen) atoms. The number of aliphatic hydroxyl groups excluding tert-OH is 1. The van der Waals surface area contributed by atoms with Crippen LogP contribution in [-0.4, -0.2) is 16.3 Å². The number of aliphatic hydroxyl groups is 1. The Hall–Kier alpha value is -1.46. The van der Waals surface area contributed by atoms with Crippen molar-refractivity contribution in [2.24, 2.45) is 5.73 Å². The van der Waals surface area contributed by atoms with Crippen molar-refractivity contribution in [2.75, 3.05) is 0 Å². The van der Waals surface area contributed by atoms with Crippen molar-refractivity contribution in [1.82, 2.24) is 0 Å². The highest BCUT2D eigenvalue weighted by Crippen LogP contribution is 2.20. The summed E-state index contributed by atoms with van der Waals surface area (Å²) in [5.41, 5.74) is 6.44. The number of hydrogen-bond donors (Lipinski definition) is 2. The Morgan fingerprint density at radius 3 is 2.79 bits per heavy atom. The lowest BCUT2D eigenvalue weighted by Gasteiger charge is -2.05. The van der Waals surface area contributed by atoms with Gasteiger partial charge in [-0.2, -0.15) is 0 Å². The fraction of sp³-hybridized carbons (Fsp3) is 0.333. The number of nitro groups is 1. The van der Waals surface area contributed by atoms with Crippen LogP contribution in [0.2, 0.25) is 0 Å². The maximum absolute atomic E-state index is 10.6. The van der Waals surface area contributed by atoms with Crippen molar-refractivity contribution in [1.29, 1.82) is 0 Å². The van der Waals surface area contributed by atoms with E-state index in [0.29, 0.717) is 5.56 Å². The second kappa shape index (κ2) is 4.17. The van der Waals surface area contributed by atoms with Crippen molar-refractivity contribution >= 4 is 5.69 Å². The molecule has 0 amide bonds. The largest absolute Gasteiger partial charge is 0.378 e. The normalized spacial score (nSPS) is 12.5. The van der Waals surface area contributed by atoms with E-state index in [2.05, 4.69) is 0 Å². The van der Waals surface area contributed by atoms with E-state index in [1.807, 2.05) is 0 Å². The molecule has 1 unspecified atom stereocenters. The topological polar surface area (TPSA) is 89.4 Å². The predicted octanol–water partition coefficient (Wildman–Crippen LogP) is 0.723. The molecule has 0 heterocycles. The lowest BCUT2D eigenvalue weighted by molar-refractivity contribution is -0.385. The highest BCUT2D eigenvalue weighted by Gasteiger charge is 2.14. The molecule has 0 aromatic heterocycles. The van der Waals surface area contributed by atoms with Gasteiger partial charge in [-0.15, -0.1) is 0 Å². The SMILES string of the molecule is Cc1ccc(CC(N)O)c([N+](=O)[O-])c1. The molecule has 0 radical (unpaired) electrons. The molecule has 1 rings (SSSR count). The van der Waals surface area contributed by atoms with Gasteiger partial charge in [0.1, 0.15) is 6.23 Å². The summed E-state index contributed by atoms with van der Waals surface area (Å²) in [5.74, 6) is 0. The summed E-state index contributed by atoms with van der Waals surface area (Å²) in [6, 6.07) is 4.84. The predicted molar refractivity (Wildman–Crippen MR) is 51.7 cm³/mol. The van der Waals surface area contributed by atoms with Gasteiger partial charge in [0.2, 0.25) is 0 Å². The zero-order chi connectivity index (χ0) is 10.7. The molecule has 76 valence electrons. The van der Waals surface area contributed by atoms with Crippen molar-refractivity contribution in [3.05, 3.63) is 39.4 Å². The van der Waals surface area contributed by atoms with Gasteiger partial charge in [-0.3, -0.25) is 10.1 Å². The first-order chi connectivity index (χ1) is 6.50. The molecule has 0 aliphatic carbocycles. The van der Waals surface area contributed by atoms with Crippen molar-refractivity contribution < 1.29 is 10.0 Å². The molecule has 3 N–H and O–H groups in total. The van der Waals surface area contributed by atoms with Gasteiger partial charge in [0.25, 0.3) is 5.69 Å². The molecule has 0 fully saturated rings. The van der Waals surface area contributed by atoms with E-state index in [1.54, 1.807) is 19.1 Å². The first-order valence-electron chi connectivity index (χ1n) is 4.18. The van der Waals surface area contributed by atoms with Gasteiger partial charge in [0.05, 0.1) is 4.92 Å². The second-order valence-electron chi connectivity index (χ2n) is 3.16. The number of aryl methyl sites for hydroxylation is 1. The van der Waals surface area contributed by atoms with E-state index in [9.17, 15) is 10.1 Å². The van der Waals surface area contributed by atoms with Crippen LogP contribution >= 0.6 is 0 Å². The molecular formula is C9H12N2O3. The number of hydrogen-bond acceptors (Lipinski definition) is 4. The van der Waals surface area contributed by atoms with Gasteiger partial charge in [-0.1, -0.05) is 12.1 Å². The van der Waals surface area contributed by atoms with Gasteiger partial charge in [-0.25, -0.2) is 0 Å². The summed E-state index contributed by atoms with van der Waals surface area (Å²) in [6.07, 6.45) is -0.965. The molecule has 0 saturated carbocycles. The van der Waals surface area contributed by atoms with Gasteiger partial charge < -0.3 is 10.8 Å². The molecule has 5 heteroatoms. The molecule has 0 aliphatic heterocycles. The Morgan fingerprint density at radius 2 is 2.29 bits per heavy atom. The minimum Gasteiger partial charge on any atom is -0.378 e. The van der Waals surface area contributed by atoms with Gasteiger partial charge in [0, 0.05) is 18.1 Å². The molecule has 5 nitrogen and oxygen atoms in total. The Bertz CT molecular complexity index is 350. The third kappa shape index (κ3) is 2.51. The van der Waals surface area contributed by atoms with E-state index in [4.69, 9.17) is 10.8 Å². The molecule has 1 atom stereocenters. The van der Waals surface area contributed by atoms with Gasteiger partial charge in [-0.05, 0) is 12.5 Å². The number of benzene rings is 1. The van der Waals surface area contributed by atoms with E-state index in [1.165, 1.54) is 6.07 Å². The first-order valence-corrected chi connectivity index (χ1v) is 4.18. The minimum absolute atomic E-state index is 0.00880. The Kier molecular flexibility index (Phi) is 3.16. The number of nitro benzene ring substituents is 1. The summed E-state index contributed by atoms with van der Waals surface area (Å²) >= 11 is 0. The standard InChI is InChI=1S/C9H12N2O3/c1-6-2-3-7(5-9(10)12)8(4-6)11(13)14/h2-4,9,12H,5,10H2,1H3. The Morgan fingerprint density at radius 1 is 1.64 bits per heavy atom. The van der Waals surface area contributed by atoms with Crippen LogP contribution in [0.1, 0.15) is 11.1 Å². The fourth-order valence-corrected chi connectivity index (χ4v) is 1.24. The van der Waals surface area contributed by atoms with Crippen molar-refractivity contribution in [3.8, 4) is 0 Å². The van der Waals surface area contributed by atoms with Crippen LogP contribution in [-0.2, 0) is 6.42 Å². The molecule has 1 aromatic carbocycles. The number of nitrogens with zero attached hydrogens (tertiary/aromatic N) is 1. The fourth-order valence-electron chi connectivity index (χ4n) is 1.24. The second-order valence-corrected chi connectivity index (χ2v) is 3.16. The first kappa shape index (κ1) is 10.6. The molecule has 0 bridgehead atoms. The minimum atomic E-state index is -1.06. The lowest BCUT2D eigenvalue weighted by Crippen LogP contribution is -2.22. The zero-order valence-corrected chi connectivity index (χ0v) is 7.80. The maximum atomic E-state index is 10.6. The van der Waals surface area contributed by atoms with Crippen molar-refractivity contribution in [2.45, 2.75) is 19.6 Å². The zero-order valence-electron chi connectivity index (χ0n) is 7.80. The van der Waals surface area contributed by atoms with Crippen LogP contribution in [0, 0.1) is 17.0 Å². The van der Waals surface area contributed by atoms with E-state index in [0.717, 1.165) is 5.56 Å². The highest BCUT2D eigenvalue weighted by atomic mass is 16.6. The summed E-state index contributed by atoms with van der Waals surface area (Å²) < 4.78 is 0. The smallest absolute Gasteiger partial charge is 0.272 e. The maximum Gasteiger partial charge on any atom is 0.272 e. The monoisotopic (exact) mass is 196 g/mol. The molecule has 1 aromatic rings.